The van der Waals surface area contributed by atoms with E-state index in [0.29, 0.717) is 5.69 Å². The second-order valence-electron chi connectivity index (χ2n) is 4.94. The monoisotopic (exact) mass is 342 g/mol. The van der Waals surface area contributed by atoms with E-state index in [0.717, 1.165) is 24.3 Å². The molecule has 2 aromatic rings. The van der Waals surface area contributed by atoms with Crippen LogP contribution in [-0.2, 0) is 15.7 Å². The summed E-state index contributed by atoms with van der Waals surface area (Å²) < 4.78 is 47.0. The number of hydrogen-bond donors (Lipinski definition) is 1. The highest BCUT2D eigenvalue weighted by atomic mass is 19.4. The maximum atomic E-state index is 12.5. The summed E-state index contributed by atoms with van der Waals surface area (Å²) in [5.41, 5.74) is -0.212. The predicted molar refractivity (Wildman–Crippen MR) is 76.2 cm³/mol. The van der Waals surface area contributed by atoms with Gasteiger partial charge in [0.25, 0.3) is 5.91 Å². The fraction of sp³-hybridized carbons (Fsp3) is 0.267. The molecular weight excluding hydrogens is 329 g/mol. The lowest BCUT2D eigenvalue weighted by molar-refractivity contribution is -0.137. The normalized spacial score (nSPS) is 12.5. The highest BCUT2D eigenvalue weighted by Gasteiger charge is 2.30. The Morgan fingerprint density at radius 3 is 2.38 bits per heavy atom. The molecule has 1 N–H and O–H groups in total. The van der Waals surface area contributed by atoms with Gasteiger partial charge in [0.2, 0.25) is 5.76 Å². The number of aryl methyl sites for hydroxylation is 1. The van der Waals surface area contributed by atoms with E-state index in [-0.39, 0.29) is 11.4 Å². The van der Waals surface area contributed by atoms with Crippen LogP contribution >= 0.6 is 0 Å². The number of ether oxygens (including phenoxy) is 1. The molecule has 1 aromatic heterocycles. The molecule has 1 amide bonds. The van der Waals surface area contributed by atoms with E-state index in [2.05, 4.69) is 10.5 Å². The molecular formula is C15H13F3N2O4. The Morgan fingerprint density at radius 1 is 1.25 bits per heavy atom. The second-order valence-corrected chi connectivity index (χ2v) is 4.94. The second kappa shape index (κ2) is 6.73. The number of esters is 1. The van der Waals surface area contributed by atoms with Crippen molar-refractivity contribution in [2.45, 2.75) is 26.1 Å². The Labute approximate surface area is 134 Å². The molecule has 6 nitrogen and oxygen atoms in total. The molecule has 0 bridgehead atoms. The minimum atomic E-state index is -4.46. The Hall–Kier alpha value is -2.84. The van der Waals surface area contributed by atoms with Gasteiger partial charge in [0.15, 0.2) is 6.10 Å². The molecule has 0 saturated heterocycles. The predicted octanol–water partition coefficient (Wildman–Crippen LogP) is 3.19. The van der Waals surface area contributed by atoms with Gasteiger partial charge in [-0.15, -0.1) is 0 Å². The van der Waals surface area contributed by atoms with E-state index in [4.69, 9.17) is 9.26 Å². The number of nitrogens with zero attached hydrogens (tertiary/aromatic N) is 1. The van der Waals surface area contributed by atoms with Crippen LogP contribution in [0.15, 0.2) is 34.9 Å². The summed E-state index contributed by atoms with van der Waals surface area (Å²) in [6, 6.07) is 5.24. The zero-order chi connectivity index (χ0) is 17.9. The number of alkyl halides is 3. The number of anilines is 1. The Bertz CT molecular complexity index is 738. The van der Waals surface area contributed by atoms with E-state index >= 15 is 0 Å². The molecule has 9 heteroatoms. The van der Waals surface area contributed by atoms with Gasteiger partial charge in [-0.3, -0.25) is 4.79 Å². The Balaban J connectivity index is 1.95. The van der Waals surface area contributed by atoms with Gasteiger partial charge in [0.1, 0.15) is 0 Å². The van der Waals surface area contributed by atoms with Gasteiger partial charge in [-0.2, -0.15) is 13.2 Å². The largest absolute Gasteiger partial charge is 0.447 e. The topological polar surface area (TPSA) is 81.4 Å². The average molecular weight is 342 g/mol. The van der Waals surface area contributed by atoms with Gasteiger partial charge >= 0.3 is 12.1 Å². The summed E-state index contributed by atoms with van der Waals surface area (Å²) in [5.74, 6) is -1.72. The van der Waals surface area contributed by atoms with Crippen molar-refractivity contribution in [1.29, 1.82) is 0 Å². The van der Waals surface area contributed by atoms with Gasteiger partial charge < -0.3 is 14.6 Å². The summed E-state index contributed by atoms with van der Waals surface area (Å²) in [6.07, 6.45) is -5.63. The molecule has 2 rings (SSSR count). The van der Waals surface area contributed by atoms with Crippen molar-refractivity contribution < 1.29 is 32.0 Å². The van der Waals surface area contributed by atoms with Crippen LogP contribution in [0.2, 0.25) is 0 Å². The number of amides is 1. The standard InChI is InChI=1S/C15H13F3N2O4/c1-8-7-12(24-20-8)14(22)23-9(2)13(21)19-11-5-3-10(4-6-11)15(16,17)18/h3-7,9H,1-2H3,(H,19,21)/t9-/m0/s1. The van der Waals surface area contributed by atoms with E-state index in [9.17, 15) is 22.8 Å². The smallest absolute Gasteiger partial charge is 0.416 e. The Kier molecular flexibility index (Phi) is 4.91. The van der Waals surface area contributed by atoms with Gasteiger partial charge in [-0.05, 0) is 38.1 Å². The fourth-order valence-corrected chi connectivity index (χ4v) is 1.72. The first kappa shape index (κ1) is 17.5. The Morgan fingerprint density at radius 2 is 1.88 bits per heavy atom. The molecule has 0 aliphatic carbocycles. The molecule has 0 fully saturated rings. The lowest BCUT2D eigenvalue weighted by Crippen LogP contribution is -2.29. The summed E-state index contributed by atoms with van der Waals surface area (Å²) in [5, 5.41) is 5.87. The quantitative estimate of drug-likeness (QED) is 0.863. The molecule has 0 aliphatic rings. The van der Waals surface area contributed by atoms with Crippen LogP contribution in [0.3, 0.4) is 0 Å². The van der Waals surface area contributed by atoms with E-state index in [1.807, 2.05) is 0 Å². The van der Waals surface area contributed by atoms with Crippen LogP contribution in [0, 0.1) is 6.92 Å². The van der Waals surface area contributed by atoms with Crippen LogP contribution in [0.25, 0.3) is 0 Å². The molecule has 0 saturated carbocycles. The molecule has 1 heterocycles. The van der Waals surface area contributed by atoms with Crippen molar-refractivity contribution in [3.8, 4) is 0 Å². The minimum absolute atomic E-state index is 0.145. The van der Waals surface area contributed by atoms with Crippen molar-refractivity contribution in [2.24, 2.45) is 0 Å². The third-order valence-electron chi connectivity index (χ3n) is 2.96. The molecule has 1 aromatic carbocycles. The molecule has 0 radical (unpaired) electrons. The molecule has 128 valence electrons. The summed E-state index contributed by atoms with van der Waals surface area (Å²) >= 11 is 0. The molecule has 0 unspecified atom stereocenters. The molecule has 1 atom stereocenters. The van der Waals surface area contributed by atoms with Crippen molar-refractivity contribution in [2.75, 3.05) is 5.32 Å². The first-order valence-electron chi connectivity index (χ1n) is 6.79. The third-order valence-corrected chi connectivity index (χ3v) is 2.96. The van der Waals surface area contributed by atoms with E-state index in [1.165, 1.54) is 13.0 Å². The highest BCUT2D eigenvalue weighted by Crippen LogP contribution is 2.29. The van der Waals surface area contributed by atoms with Crippen LogP contribution in [-0.4, -0.2) is 23.1 Å². The first-order chi connectivity index (χ1) is 11.2. The maximum absolute atomic E-state index is 12.5. The number of benzene rings is 1. The lowest BCUT2D eigenvalue weighted by atomic mass is 10.2. The number of rotatable bonds is 4. The highest BCUT2D eigenvalue weighted by molar-refractivity contribution is 5.96. The number of nitrogens with one attached hydrogen (secondary N) is 1. The lowest BCUT2D eigenvalue weighted by Gasteiger charge is -2.13. The molecule has 24 heavy (non-hydrogen) atoms. The number of aromatic nitrogens is 1. The molecule has 0 aliphatic heterocycles. The third kappa shape index (κ3) is 4.34. The summed E-state index contributed by atoms with van der Waals surface area (Å²) in [6.45, 7) is 2.93. The zero-order valence-corrected chi connectivity index (χ0v) is 12.7. The van der Waals surface area contributed by atoms with Gasteiger partial charge in [-0.1, -0.05) is 5.16 Å². The van der Waals surface area contributed by atoms with E-state index < -0.39 is 29.7 Å². The van der Waals surface area contributed by atoms with Crippen LogP contribution in [0.4, 0.5) is 18.9 Å². The SMILES string of the molecule is Cc1cc(C(=O)O[C@@H](C)C(=O)Nc2ccc(C(F)(F)F)cc2)on1. The zero-order valence-electron chi connectivity index (χ0n) is 12.7. The van der Waals surface area contributed by atoms with Crippen molar-refractivity contribution in [1.82, 2.24) is 5.16 Å². The van der Waals surface area contributed by atoms with Gasteiger partial charge in [0, 0.05) is 11.8 Å². The van der Waals surface area contributed by atoms with Crippen molar-refractivity contribution in [3.05, 3.63) is 47.3 Å². The molecule has 0 spiro atoms. The summed E-state index contributed by atoms with van der Waals surface area (Å²) in [4.78, 5) is 23.6. The average Bonchev–Trinajstić information content (AvgIpc) is 2.93. The van der Waals surface area contributed by atoms with Gasteiger partial charge in [0.05, 0.1) is 11.3 Å². The number of carbonyl (C=O) groups is 2. The fourth-order valence-electron chi connectivity index (χ4n) is 1.72. The van der Waals surface area contributed by atoms with Crippen molar-refractivity contribution in [3.63, 3.8) is 0 Å². The minimum Gasteiger partial charge on any atom is -0.447 e. The van der Waals surface area contributed by atoms with Crippen molar-refractivity contribution >= 4 is 17.6 Å². The maximum Gasteiger partial charge on any atom is 0.416 e. The number of hydrogen-bond acceptors (Lipinski definition) is 5. The number of carbonyl (C=O) groups excluding carboxylic acids is 2. The summed E-state index contributed by atoms with van der Waals surface area (Å²) in [7, 11) is 0. The van der Waals surface area contributed by atoms with Crippen LogP contribution in [0.1, 0.15) is 28.7 Å². The first-order valence-corrected chi connectivity index (χ1v) is 6.79. The van der Waals surface area contributed by atoms with Crippen LogP contribution in [0.5, 0.6) is 0 Å². The number of halogens is 3. The van der Waals surface area contributed by atoms with Gasteiger partial charge in [-0.25, -0.2) is 4.79 Å². The van der Waals surface area contributed by atoms with Crippen LogP contribution < -0.4 is 5.32 Å². The van der Waals surface area contributed by atoms with E-state index in [1.54, 1.807) is 6.92 Å².